The molecule has 0 saturated heterocycles. The molecule has 1 aromatic heterocycles. The second-order valence-electron chi connectivity index (χ2n) is 2.37. The van der Waals surface area contributed by atoms with Crippen LogP contribution in [0.4, 0.5) is 5.95 Å². The summed E-state index contributed by atoms with van der Waals surface area (Å²) >= 11 is 3.20. The minimum Gasteiger partial charge on any atom is -0.314 e. The summed E-state index contributed by atoms with van der Waals surface area (Å²) in [6.45, 7) is 0.213. The Morgan fingerprint density at radius 2 is 1.71 bits per heavy atom. The van der Waals surface area contributed by atoms with Gasteiger partial charge in [0.25, 0.3) is 0 Å². The fourth-order valence-corrected chi connectivity index (χ4v) is 1.04. The zero-order valence-corrected chi connectivity index (χ0v) is 8.77. The highest BCUT2D eigenvalue weighted by molar-refractivity contribution is 9.10. The molecule has 0 fully saturated rings. The van der Waals surface area contributed by atoms with Gasteiger partial charge in [-0.25, -0.2) is 9.97 Å². The minimum absolute atomic E-state index is 0.106. The average Bonchev–Trinajstić information content (AvgIpc) is 2.19. The van der Waals surface area contributed by atoms with Gasteiger partial charge < -0.3 is 4.90 Å². The standard InChI is InChI=1S/C8H6BrN5/c9-7-5-12-8(13-6-7)14(3-1-10)4-2-11/h5-6H,3-4H2. The van der Waals surface area contributed by atoms with Crippen molar-refractivity contribution in [3.05, 3.63) is 16.9 Å². The van der Waals surface area contributed by atoms with Crippen LogP contribution >= 0.6 is 15.9 Å². The van der Waals surface area contributed by atoms with Gasteiger partial charge in [0.2, 0.25) is 5.95 Å². The Morgan fingerprint density at radius 1 is 1.21 bits per heavy atom. The Balaban J connectivity index is 2.84. The summed E-state index contributed by atoms with van der Waals surface area (Å²) in [5, 5.41) is 17.0. The van der Waals surface area contributed by atoms with Crippen molar-refractivity contribution in [2.75, 3.05) is 18.0 Å². The van der Waals surface area contributed by atoms with E-state index in [-0.39, 0.29) is 13.1 Å². The fourth-order valence-electron chi connectivity index (χ4n) is 0.837. The first-order valence-electron chi connectivity index (χ1n) is 3.74. The number of rotatable bonds is 3. The third kappa shape index (κ3) is 2.68. The number of nitrogens with zero attached hydrogens (tertiary/aromatic N) is 5. The van der Waals surface area contributed by atoms with Crippen LogP contribution in [0, 0.1) is 22.7 Å². The first-order chi connectivity index (χ1) is 6.77. The molecule has 0 unspecified atom stereocenters. The van der Waals surface area contributed by atoms with E-state index in [9.17, 15) is 0 Å². The van der Waals surface area contributed by atoms with Crippen LogP contribution in [0.5, 0.6) is 0 Å². The van der Waals surface area contributed by atoms with E-state index >= 15 is 0 Å². The minimum atomic E-state index is 0.106. The molecule has 0 saturated carbocycles. The maximum atomic E-state index is 8.51. The summed E-state index contributed by atoms with van der Waals surface area (Å²) in [6.07, 6.45) is 3.15. The molecule has 5 nitrogen and oxygen atoms in total. The lowest BCUT2D eigenvalue weighted by Crippen LogP contribution is -2.25. The highest BCUT2D eigenvalue weighted by atomic mass is 79.9. The van der Waals surface area contributed by atoms with E-state index in [1.54, 1.807) is 12.4 Å². The smallest absolute Gasteiger partial charge is 0.227 e. The van der Waals surface area contributed by atoms with Crippen LogP contribution < -0.4 is 4.90 Å². The van der Waals surface area contributed by atoms with Crippen LogP contribution in [0.15, 0.2) is 16.9 Å². The number of halogens is 1. The molecular formula is C8H6BrN5. The molecule has 1 rings (SSSR count). The molecule has 70 valence electrons. The summed E-state index contributed by atoms with van der Waals surface area (Å²) in [5.41, 5.74) is 0. The normalized spacial score (nSPS) is 8.79. The third-order valence-corrected chi connectivity index (χ3v) is 1.82. The van der Waals surface area contributed by atoms with Crippen LogP contribution in [-0.4, -0.2) is 23.1 Å². The fraction of sp³-hybridized carbons (Fsp3) is 0.250. The summed E-state index contributed by atoms with van der Waals surface area (Å²) in [6, 6.07) is 3.90. The molecule has 0 radical (unpaired) electrons. The SMILES string of the molecule is N#CCN(CC#N)c1ncc(Br)cn1. The number of hydrogen-bond donors (Lipinski definition) is 0. The van der Waals surface area contributed by atoms with Crippen LogP contribution in [0.3, 0.4) is 0 Å². The van der Waals surface area contributed by atoms with Crippen molar-refractivity contribution in [3.63, 3.8) is 0 Å². The van der Waals surface area contributed by atoms with Crippen LogP contribution in [-0.2, 0) is 0 Å². The number of hydrogen-bond acceptors (Lipinski definition) is 5. The Labute approximate surface area is 89.7 Å². The van der Waals surface area contributed by atoms with E-state index in [4.69, 9.17) is 10.5 Å². The van der Waals surface area contributed by atoms with Crippen molar-refractivity contribution in [1.29, 1.82) is 10.5 Å². The van der Waals surface area contributed by atoms with Crippen LogP contribution in [0.1, 0.15) is 0 Å². The molecule has 0 aliphatic rings. The van der Waals surface area contributed by atoms with Gasteiger partial charge in [-0.1, -0.05) is 0 Å². The van der Waals surface area contributed by atoms with E-state index < -0.39 is 0 Å². The van der Waals surface area contributed by atoms with Crippen molar-refractivity contribution in [2.45, 2.75) is 0 Å². The largest absolute Gasteiger partial charge is 0.314 e. The number of nitriles is 2. The van der Waals surface area contributed by atoms with Gasteiger partial charge in [0, 0.05) is 12.4 Å². The average molecular weight is 252 g/mol. The monoisotopic (exact) mass is 251 g/mol. The Hall–Kier alpha value is -1.66. The van der Waals surface area contributed by atoms with Gasteiger partial charge in [0.05, 0.1) is 16.6 Å². The van der Waals surface area contributed by atoms with Gasteiger partial charge in [-0.05, 0) is 15.9 Å². The van der Waals surface area contributed by atoms with Gasteiger partial charge >= 0.3 is 0 Å². The predicted molar refractivity (Wildman–Crippen MR) is 53.2 cm³/mol. The lowest BCUT2D eigenvalue weighted by atomic mass is 10.5. The second-order valence-corrected chi connectivity index (χ2v) is 3.29. The third-order valence-electron chi connectivity index (χ3n) is 1.41. The highest BCUT2D eigenvalue weighted by Crippen LogP contribution is 2.10. The number of aromatic nitrogens is 2. The summed E-state index contributed by atoms with van der Waals surface area (Å²) in [7, 11) is 0. The van der Waals surface area contributed by atoms with Gasteiger partial charge in [0.1, 0.15) is 13.1 Å². The molecule has 1 aromatic rings. The maximum absolute atomic E-state index is 8.51. The molecule has 0 bridgehead atoms. The lowest BCUT2D eigenvalue weighted by molar-refractivity contribution is 0.895. The molecule has 0 aliphatic heterocycles. The predicted octanol–water partition coefficient (Wildman–Crippen LogP) is 1.09. The Morgan fingerprint density at radius 3 is 2.14 bits per heavy atom. The molecule has 0 aliphatic carbocycles. The molecule has 0 aromatic carbocycles. The van der Waals surface area contributed by atoms with E-state index in [1.165, 1.54) is 4.90 Å². The Kier molecular flexibility index (Phi) is 3.84. The van der Waals surface area contributed by atoms with Crippen molar-refractivity contribution in [1.82, 2.24) is 9.97 Å². The zero-order chi connectivity index (χ0) is 10.4. The van der Waals surface area contributed by atoms with Crippen molar-refractivity contribution < 1.29 is 0 Å². The molecule has 1 heterocycles. The Bertz CT molecular complexity index is 358. The van der Waals surface area contributed by atoms with E-state index in [1.807, 2.05) is 12.1 Å². The maximum Gasteiger partial charge on any atom is 0.227 e. The summed E-state index contributed by atoms with van der Waals surface area (Å²) < 4.78 is 0.759. The van der Waals surface area contributed by atoms with Crippen molar-refractivity contribution in [2.24, 2.45) is 0 Å². The molecular weight excluding hydrogens is 246 g/mol. The van der Waals surface area contributed by atoms with Crippen LogP contribution in [0.2, 0.25) is 0 Å². The summed E-state index contributed by atoms with van der Waals surface area (Å²) in [4.78, 5) is 9.46. The molecule has 6 heteroatoms. The van der Waals surface area contributed by atoms with Crippen LogP contribution in [0.25, 0.3) is 0 Å². The van der Waals surface area contributed by atoms with Crippen molar-refractivity contribution in [3.8, 4) is 12.1 Å². The second kappa shape index (κ2) is 5.15. The lowest BCUT2D eigenvalue weighted by Gasteiger charge is -2.14. The van der Waals surface area contributed by atoms with E-state index in [2.05, 4.69) is 25.9 Å². The van der Waals surface area contributed by atoms with E-state index in [0.717, 1.165) is 4.47 Å². The molecule has 0 spiro atoms. The molecule has 0 amide bonds. The summed E-state index contributed by atoms with van der Waals surface area (Å²) in [5.74, 6) is 0.385. The topological polar surface area (TPSA) is 76.6 Å². The number of anilines is 1. The first-order valence-corrected chi connectivity index (χ1v) is 4.53. The van der Waals surface area contributed by atoms with Gasteiger partial charge in [-0.15, -0.1) is 0 Å². The highest BCUT2D eigenvalue weighted by Gasteiger charge is 2.07. The van der Waals surface area contributed by atoms with E-state index in [0.29, 0.717) is 5.95 Å². The van der Waals surface area contributed by atoms with Gasteiger partial charge in [-0.3, -0.25) is 0 Å². The van der Waals surface area contributed by atoms with Gasteiger partial charge in [-0.2, -0.15) is 10.5 Å². The van der Waals surface area contributed by atoms with Crippen molar-refractivity contribution >= 4 is 21.9 Å². The quantitative estimate of drug-likeness (QED) is 0.752. The molecule has 14 heavy (non-hydrogen) atoms. The van der Waals surface area contributed by atoms with Gasteiger partial charge in [0.15, 0.2) is 0 Å². The zero-order valence-electron chi connectivity index (χ0n) is 7.18. The first kappa shape index (κ1) is 10.4. The molecule has 0 N–H and O–H groups in total. The molecule has 0 atom stereocenters.